The summed E-state index contributed by atoms with van der Waals surface area (Å²) in [4.78, 5) is 6.49. The standard InChI is InChI=1S/C17H29BrN4O2.HI/c1-19-17(22(3)13-15-11-14(18)12-21(15)2)20-7-4-8-24-16-5-9-23-10-6-16;/h11-12,16H,4-10,13H2,1-3H3,(H,19,20);1H. The number of guanidine groups is 1. The Morgan fingerprint density at radius 1 is 1.48 bits per heavy atom. The van der Waals surface area contributed by atoms with Crippen LogP contribution in [0, 0.1) is 0 Å². The van der Waals surface area contributed by atoms with E-state index in [1.165, 1.54) is 5.69 Å². The summed E-state index contributed by atoms with van der Waals surface area (Å²) < 4.78 is 14.5. The van der Waals surface area contributed by atoms with Gasteiger partial charge in [0.2, 0.25) is 0 Å². The van der Waals surface area contributed by atoms with Crippen LogP contribution in [0.2, 0.25) is 0 Å². The number of aromatic nitrogens is 1. The lowest BCUT2D eigenvalue weighted by molar-refractivity contribution is -0.0320. The molecule has 0 aromatic carbocycles. The second kappa shape index (κ2) is 12.1. The first-order chi connectivity index (χ1) is 11.6. The minimum Gasteiger partial charge on any atom is -0.381 e. The summed E-state index contributed by atoms with van der Waals surface area (Å²) in [5.74, 6) is 0.901. The SMILES string of the molecule is CN=C(NCCCOC1CCOCC1)N(C)Cc1cc(Br)cn1C.I. The smallest absolute Gasteiger partial charge is 0.193 e. The molecule has 0 unspecified atom stereocenters. The number of hydrogen-bond donors (Lipinski definition) is 1. The van der Waals surface area contributed by atoms with Crippen molar-refractivity contribution >= 4 is 45.9 Å². The molecule has 2 rings (SSSR count). The lowest BCUT2D eigenvalue weighted by Crippen LogP contribution is -2.39. The van der Waals surface area contributed by atoms with Crippen molar-refractivity contribution in [3.63, 3.8) is 0 Å². The Morgan fingerprint density at radius 2 is 2.20 bits per heavy atom. The third-order valence-electron chi connectivity index (χ3n) is 4.17. The van der Waals surface area contributed by atoms with Gasteiger partial charge in [-0.3, -0.25) is 4.99 Å². The van der Waals surface area contributed by atoms with Crippen LogP contribution in [0.3, 0.4) is 0 Å². The van der Waals surface area contributed by atoms with E-state index in [1.54, 1.807) is 0 Å². The van der Waals surface area contributed by atoms with Gasteiger partial charge in [0.05, 0.1) is 12.6 Å². The largest absolute Gasteiger partial charge is 0.381 e. The topological polar surface area (TPSA) is 51.0 Å². The van der Waals surface area contributed by atoms with Crippen LogP contribution < -0.4 is 5.32 Å². The van der Waals surface area contributed by atoms with E-state index < -0.39 is 0 Å². The first-order valence-electron chi connectivity index (χ1n) is 8.52. The fraction of sp³-hybridized carbons (Fsp3) is 0.706. The van der Waals surface area contributed by atoms with E-state index in [-0.39, 0.29) is 24.0 Å². The average Bonchev–Trinajstić information content (AvgIpc) is 2.89. The molecule has 1 N–H and O–H groups in total. The number of ether oxygens (including phenoxy) is 2. The van der Waals surface area contributed by atoms with E-state index in [2.05, 4.69) is 62.1 Å². The van der Waals surface area contributed by atoms with Crippen molar-refractivity contribution in [1.29, 1.82) is 0 Å². The van der Waals surface area contributed by atoms with Gasteiger partial charge in [-0.05, 0) is 41.3 Å². The lowest BCUT2D eigenvalue weighted by atomic mass is 10.1. The first-order valence-corrected chi connectivity index (χ1v) is 9.31. The normalized spacial score (nSPS) is 15.8. The summed E-state index contributed by atoms with van der Waals surface area (Å²) in [6.45, 7) is 4.10. The third kappa shape index (κ3) is 7.84. The zero-order chi connectivity index (χ0) is 17.4. The summed E-state index contributed by atoms with van der Waals surface area (Å²) in [7, 11) is 5.92. The van der Waals surface area contributed by atoms with Gasteiger partial charge in [-0.1, -0.05) is 0 Å². The van der Waals surface area contributed by atoms with E-state index >= 15 is 0 Å². The van der Waals surface area contributed by atoms with Crippen LogP contribution in [-0.2, 0) is 23.1 Å². The summed E-state index contributed by atoms with van der Waals surface area (Å²) in [6.07, 6.45) is 5.44. The molecule has 1 fully saturated rings. The number of halogens is 2. The molecule has 0 bridgehead atoms. The molecule has 0 atom stereocenters. The zero-order valence-electron chi connectivity index (χ0n) is 15.3. The molecule has 1 aliphatic rings. The van der Waals surface area contributed by atoms with Crippen LogP contribution in [0.4, 0.5) is 0 Å². The highest BCUT2D eigenvalue weighted by Crippen LogP contribution is 2.15. The van der Waals surface area contributed by atoms with Crippen molar-refractivity contribution in [2.45, 2.75) is 31.9 Å². The third-order valence-corrected chi connectivity index (χ3v) is 4.61. The molecule has 2 heterocycles. The van der Waals surface area contributed by atoms with Crippen LogP contribution in [0.5, 0.6) is 0 Å². The maximum Gasteiger partial charge on any atom is 0.193 e. The number of rotatable bonds is 7. The highest BCUT2D eigenvalue weighted by molar-refractivity contribution is 14.0. The van der Waals surface area contributed by atoms with Gasteiger partial charge < -0.3 is 24.3 Å². The Labute approximate surface area is 176 Å². The van der Waals surface area contributed by atoms with Gasteiger partial charge in [0, 0.05) is 63.9 Å². The van der Waals surface area contributed by atoms with E-state index in [9.17, 15) is 0 Å². The van der Waals surface area contributed by atoms with Gasteiger partial charge in [0.15, 0.2) is 5.96 Å². The van der Waals surface area contributed by atoms with Gasteiger partial charge in [0.1, 0.15) is 0 Å². The Hall–Kier alpha value is -0.320. The highest BCUT2D eigenvalue weighted by Gasteiger charge is 2.13. The van der Waals surface area contributed by atoms with Crippen LogP contribution >= 0.6 is 39.9 Å². The minimum absolute atomic E-state index is 0. The molecule has 1 saturated heterocycles. The molecule has 1 aromatic heterocycles. The van der Waals surface area contributed by atoms with Crippen molar-refractivity contribution in [2.75, 3.05) is 40.5 Å². The van der Waals surface area contributed by atoms with Crippen molar-refractivity contribution in [1.82, 2.24) is 14.8 Å². The highest BCUT2D eigenvalue weighted by atomic mass is 127. The van der Waals surface area contributed by atoms with Crippen molar-refractivity contribution in [3.05, 3.63) is 22.4 Å². The summed E-state index contributed by atoms with van der Waals surface area (Å²) >= 11 is 3.51. The molecule has 0 radical (unpaired) electrons. The fourth-order valence-corrected chi connectivity index (χ4v) is 3.36. The van der Waals surface area contributed by atoms with Crippen molar-refractivity contribution in [3.8, 4) is 0 Å². The molecule has 144 valence electrons. The fourth-order valence-electron chi connectivity index (χ4n) is 2.79. The second-order valence-corrected chi connectivity index (χ2v) is 7.04. The van der Waals surface area contributed by atoms with Gasteiger partial charge in [-0.25, -0.2) is 0 Å². The lowest BCUT2D eigenvalue weighted by Gasteiger charge is -2.24. The van der Waals surface area contributed by atoms with Gasteiger partial charge in [-0.2, -0.15) is 0 Å². The van der Waals surface area contributed by atoms with Gasteiger partial charge in [0.25, 0.3) is 0 Å². The molecule has 1 aliphatic heterocycles. The quantitative estimate of drug-likeness (QED) is 0.256. The molecular formula is C17H30BrIN4O2. The summed E-state index contributed by atoms with van der Waals surface area (Å²) in [6, 6.07) is 2.13. The summed E-state index contributed by atoms with van der Waals surface area (Å²) in [5, 5.41) is 3.40. The van der Waals surface area contributed by atoms with Crippen LogP contribution in [-0.4, -0.2) is 62.0 Å². The van der Waals surface area contributed by atoms with E-state index in [4.69, 9.17) is 9.47 Å². The van der Waals surface area contributed by atoms with Crippen LogP contribution in [0.25, 0.3) is 0 Å². The first kappa shape index (κ1) is 22.7. The number of nitrogens with zero attached hydrogens (tertiary/aromatic N) is 3. The van der Waals surface area contributed by atoms with Gasteiger partial charge in [-0.15, -0.1) is 24.0 Å². The van der Waals surface area contributed by atoms with Crippen LogP contribution in [0.1, 0.15) is 25.0 Å². The number of aliphatic imine (C=N–C) groups is 1. The number of aryl methyl sites for hydroxylation is 1. The number of nitrogens with one attached hydrogen (secondary N) is 1. The maximum atomic E-state index is 5.89. The Bertz CT molecular complexity index is 533. The summed E-state index contributed by atoms with van der Waals surface area (Å²) in [5.41, 5.74) is 1.23. The van der Waals surface area contributed by atoms with Crippen molar-refractivity contribution in [2.24, 2.45) is 12.0 Å². The zero-order valence-corrected chi connectivity index (χ0v) is 19.2. The Balaban J connectivity index is 0.00000312. The molecular weight excluding hydrogens is 499 g/mol. The molecule has 25 heavy (non-hydrogen) atoms. The van der Waals surface area contributed by atoms with E-state index in [1.807, 2.05) is 7.05 Å². The number of hydrogen-bond acceptors (Lipinski definition) is 3. The molecule has 0 amide bonds. The molecule has 8 heteroatoms. The minimum atomic E-state index is 0. The maximum absolute atomic E-state index is 5.89. The predicted molar refractivity (Wildman–Crippen MR) is 116 cm³/mol. The second-order valence-electron chi connectivity index (χ2n) is 6.13. The van der Waals surface area contributed by atoms with E-state index in [0.717, 1.165) is 62.6 Å². The Morgan fingerprint density at radius 3 is 2.80 bits per heavy atom. The Kier molecular flexibility index (Phi) is 11.0. The monoisotopic (exact) mass is 528 g/mol. The average molecular weight is 529 g/mol. The molecule has 0 saturated carbocycles. The van der Waals surface area contributed by atoms with Crippen molar-refractivity contribution < 1.29 is 9.47 Å². The molecule has 0 aliphatic carbocycles. The van der Waals surface area contributed by atoms with Gasteiger partial charge >= 0.3 is 0 Å². The van der Waals surface area contributed by atoms with Crippen LogP contribution in [0.15, 0.2) is 21.7 Å². The molecule has 0 spiro atoms. The van der Waals surface area contributed by atoms with E-state index in [0.29, 0.717) is 6.10 Å². The molecule has 6 nitrogen and oxygen atoms in total. The predicted octanol–water partition coefficient (Wildman–Crippen LogP) is 3.00. The molecule has 1 aromatic rings.